The van der Waals surface area contributed by atoms with Crippen LogP contribution in [0.25, 0.3) is 0 Å². The van der Waals surface area contributed by atoms with Gasteiger partial charge >= 0.3 is 183 Å². The zero-order chi connectivity index (χ0) is 22.0. The average Bonchev–Trinajstić information content (AvgIpc) is 2.69. The second kappa shape index (κ2) is 11.5. The van der Waals surface area contributed by atoms with E-state index in [-0.39, 0.29) is 16.6 Å². The molecule has 6 nitrogen and oxygen atoms in total. The summed E-state index contributed by atoms with van der Waals surface area (Å²) in [6.45, 7) is 5.31. The van der Waals surface area contributed by atoms with Gasteiger partial charge in [0.05, 0.1) is 0 Å². The number of esters is 1. The summed E-state index contributed by atoms with van der Waals surface area (Å²) in [5.74, 6) is -0.584. The van der Waals surface area contributed by atoms with Crippen LogP contribution in [0.3, 0.4) is 0 Å². The Labute approximate surface area is 183 Å². The van der Waals surface area contributed by atoms with Crippen molar-refractivity contribution in [1.82, 2.24) is 5.32 Å². The molecule has 0 bridgehead atoms. The minimum absolute atomic E-state index is 0.0422. The summed E-state index contributed by atoms with van der Waals surface area (Å²) in [6, 6.07) is 17.7. The van der Waals surface area contributed by atoms with E-state index in [1.807, 2.05) is 60.7 Å². The molecule has 1 atom stereocenters. The zero-order valence-corrected chi connectivity index (χ0v) is 19.1. The third-order valence-electron chi connectivity index (χ3n) is 3.80. The predicted octanol–water partition coefficient (Wildman–Crippen LogP) is 3.51. The van der Waals surface area contributed by atoms with Gasteiger partial charge in [-0.1, -0.05) is 0 Å². The Hall–Kier alpha value is -2.63. The fourth-order valence-electron chi connectivity index (χ4n) is 2.44. The van der Waals surface area contributed by atoms with Crippen molar-refractivity contribution in [3.05, 3.63) is 71.8 Å². The molecule has 0 aromatic heterocycles. The van der Waals surface area contributed by atoms with Gasteiger partial charge in [0.25, 0.3) is 0 Å². The molecule has 0 aliphatic carbocycles. The van der Waals surface area contributed by atoms with Crippen LogP contribution in [-0.4, -0.2) is 43.3 Å². The molecule has 30 heavy (non-hydrogen) atoms. The molecule has 0 heterocycles. The monoisotopic (exact) mass is 477 g/mol. The number of amides is 1. The topological polar surface area (TPSA) is 81.7 Å². The van der Waals surface area contributed by atoms with Crippen molar-refractivity contribution in [2.45, 2.75) is 50.8 Å². The molecule has 0 spiro atoms. The molecular formula is C23H27NO5Se. The maximum absolute atomic E-state index is 12.6. The van der Waals surface area contributed by atoms with Gasteiger partial charge in [-0.25, -0.2) is 0 Å². The van der Waals surface area contributed by atoms with Crippen molar-refractivity contribution in [3.8, 4) is 0 Å². The standard InChI is InChI=1S/C23H27NO5Se/c1-23(2,3)29-22(27)24-19(21(26)28-15-18-12-8-5-9-13-18)16-30-20(25)14-17-10-6-4-7-11-17/h4-13,19H,14-16H2,1-3H3,(H,24,27)/t19-/m0/s1. The Morgan fingerprint density at radius 3 is 2.07 bits per heavy atom. The van der Waals surface area contributed by atoms with Crippen LogP contribution in [0.4, 0.5) is 4.79 Å². The minimum atomic E-state index is -0.941. The van der Waals surface area contributed by atoms with Crippen LogP contribution in [0.1, 0.15) is 31.9 Å². The summed E-state index contributed by atoms with van der Waals surface area (Å²) in [5.41, 5.74) is 1.07. The van der Waals surface area contributed by atoms with Crippen LogP contribution in [-0.2, 0) is 32.1 Å². The van der Waals surface area contributed by atoms with Crippen molar-refractivity contribution >= 4 is 31.7 Å². The average molecular weight is 476 g/mol. The van der Waals surface area contributed by atoms with Gasteiger partial charge in [0.1, 0.15) is 0 Å². The van der Waals surface area contributed by atoms with Gasteiger partial charge in [0.2, 0.25) is 0 Å². The normalized spacial score (nSPS) is 12.0. The molecule has 160 valence electrons. The number of carbonyl (C=O) groups is 3. The summed E-state index contributed by atoms with van der Waals surface area (Å²) in [6.07, 6.45) is -0.408. The van der Waals surface area contributed by atoms with Crippen molar-refractivity contribution in [1.29, 1.82) is 0 Å². The van der Waals surface area contributed by atoms with E-state index in [0.717, 1.165) is 11.1 Å². The second-order valence-corrected chi connectivity index (χ2v) is 9.90. The summed E-state index contributed by atoms with van der Waals surface area (Å²) in [7, 11) is 0. The van der Waals surface area contributed by atoms with Gasteiger partial charge in [-0.3, -0.25) is 0 Å². The molecule has 0 fully saturated rings. The number of nitrogens with one attached hydrogen (secondary N) is 1. The van der Waals surface area contributed by atoms with E-state index >= 15 is 0 Å². The van der Waals surface area contributed by atoms with E-state index in [1.54, 1.807) is 20.8 Å². The van der Waals surface area contributed by atoms with Gasteiger partial charge in [0.15, 0.2) is 0 Å². The molecule has 0 aliphatic rings. The number of benzene rings is 2. The molecule has 0 unspecified atom stereocenters. The van der Waals surface area contributed by atoms with E-state index in [1.165, 1.54) is 0 Å². The first-order valence-electron chi connectivity index (χ1n) is 9.62. The first-order valence-corrected chi connectivity index (χ1v) is 11.7. The van der Waals surface area contributed by atoms with Gasteiger partial charge < -0.3 is 0 Å². The number of ether oxygens (including phenoxy) is 2. The summed E-state index contributed by atoms with van der Waals surface area (Å²) < 4.78 is 10.7. The SMILES string of the molecule is CC(C)(C)OC(=O)N[C@@H](C[Se]C(=O)Cc1ccccc1)C(=O)OCc1ccccc1. The summed E-state index contributed by atoms with van der Waals surface area (Å²) in [4.78, 5) is 37.1. The molecule has 0 aliphatic heterocycles. The Balaban J connectivity index is 1.95. The molecule has 0 radical (unpaired) electrons. The molecule has 0 saturated heterocycles. The Morgan fingerprint density at radius 2 is 1.50 bits per heavy atom. The first kappa shape index (κ1) is 23.6. The van der Waals surface area contributed by atoms with E-state index in [2.05, 4.69) is 5.32 Å². The van der Waals surface area contributed by atoms with Crippen LogP contribution < -0.4 is 5.32 Å². The molecule has 2 aromatic carbocycles. The summed E-state index contributed by atoms with van der Waals surface area (Å²) in [5, 5.41) is 2.76. The Morgan fingerprint density at radius 1 is 0.933 bits per heavy atom. The fourth-order valence-corrected chi connectivity index (χ4v) is 4.20. The van der Waals surface area contributed by atoms with Crippen LogP contribution in [0, 0.1) is 0 Å². The zero-order valence-electron chi connectivity index (χ0n) is 17.4. The second-order valence-electron chi connectivity index (χ2n) is 7.64. The third kappa shape index (κ3) is 9.24. The molecule has 2 aromatic rings. The maximum atomic E-state index is 12.6. The van der Waals surface area contributed by atoms with E-state index in [0.29, 0.717) is 6.42 Å². The van der Waals surface area contributed by atoms with Crippen LogP contribution >= 0.6 is 0 Å². The van der Waals surface area contributed by atoms with Crippen LogP contribution in [0.15, 0.2) is 60.7 Å². The molecule has 7 heteroatoms. The molecule has 1 amide bonds. The fraction of sp³-hybridized carbons (Fsp3) is 0.348. The van der Waals surface area contributed by atoms with Crippen molar-refractivity contribution < 1.29 is 23.9 Å². The Kier molecular flexibility index (Phi) is 9.09. The number of alkyl carbamates (subject to hydrolysis) is 1. The van der Waals surface area contributed by atoms with E-state index in [4.69, 9.17) is 9.47 Å². The Bertz CT molecular complexity index is 834. The van der Waals surface area contributed by atoms with Gasteiger partial charge in [-0.2, -0.15) is 0 Å². The summed E-state index contributed by atoms with van der Waals surface area (Å²) >= 11 is -0.499. The molecule has 0 saturated carbocycles. The molecule has 2 rings (SSSR count). The van der Waals surface area contributed by atoms with Crippen LogP contribution in [0.2, 0.25) is 5.32 Å². The van der Waals surface area contributed by atoms with Crippen molar-refractivity contribution in [3.63, 3.8) is 0 Å². The third-order valence-corrected chi connectivity index (χ3v) is 5.83. The van der Waals surface area contributed by atoms with Gasteiger partial charge in [-0.15, -0.1) is 0 Å². The van der Waals surface area contributed by atoms with Gasteiger partial charge in [0, 0.05) is 0 Å². The molecular weight excluding hydrogens is 449 g/mol. The molecule has 1 N–H and O–H groups in total. The number of hydrogen-bond acceptors (Lipinski definition) is 5. The van der Waals surface area contributed by atoms with Crippen molar-refractivity contribution in [2.75, 3.05) is 0 Å². The first-order chi connectivity index (χ1) is 14.2. The number of hydrogen-bond donors (Lipinski definition) is 1. The number of rotatable bonds is 9. The van der Waals surface area contributed by atoms with Crippen molar-refractivity contribution in [2.24, 2.45) is 0 Å². The van der Waals surface area contributed by atoms with Crippen LogP contribution in [0.5, 0.6) is 0 Å². The predicted molar refractivity (Wildman–Crippen MR) is 115 cm³/mol. The van der Waals surface area contributed by atoms with Gasteiger partial charge in [-0.05, 0) is 0 Å². The number of carbonyl (C=O) groups excluding carboxylic acids is 3. The quantitative estimate of drug-likeness (QED) is 0.443. The van der Waals surface area contributed by atoms with E-state index < -0.39 is 38.7 Å². The van der Waals surface area contributed by atoms with E-state index in [9.17, 15) is 14.4 Å².